The molecular formula is C9H11N3S. The summed E-state index contributed by atoms with van der Waals surface area (Å²) < 4.78 is 1.89. The van der Waals surface area contributed by atoms with Crippen molar-refractivity contribution in [3.05, 3.63) is 24.2 Å². The van der Waals surface area contributed by atoms with Gasteiger partial charge >= 0.3 is 0 Å². The van der Waals surface area contributed by atoms with Crippen molar-refractivity contribution < 1.29 is 0 Å². The van der Waals surface area contributed by atoms with Crippen LogP contribution in [0.1, 0.15) is 12.5 Å². The minimum atomic E-state index is 1.03. The molecule has 3 nitrogen and oxygen atoms in total. The van der Waals surface area contributed by atoms with E-state index < -0.39 is 0 Å². The van der Waals surface area contributed by atoms with Gasteiger partial charge in [0.25, 0.3) is 0 Å². The Balaban J connectivity index is 2.76. The maximum Gasteiger partial charge on any atom is 0.137 e. The normalized spacial score (nSPS) is 10.9. The Labute approximate surface area is 81.2 Å². The van der Waals surface area contributed by atoms with E-state index in [1.807, 2.05) is 17.0 Å². The molecule has 2 aromatic rings. The highest BCUT2D eigenvalue weighted by Crippen LogP contribution is 2.22. The molecule has 2 rings (SSSR count). The van der Waals surface area contributed by atoms with Crippen molar-refractivity contribution in [2.45, 2.75) is 18.4 Å². The lowest BCUT2D eigenvalue weighted by molar-refractivity contribution is 0.862. The van der Waals surface area contributed by atoms with E-state index in [1.54, 1.807) is 18.1 Å². The molecule has 0 N–H and O–H groups in total. The summed E-state index contributed by atoms with van der Waals surface area (Å²) in [5.74, 6) is 0. The molecule has 0 bridgehead atoms. The van der Waals surface area contributed by atoms with Crippen LogP contribution in [0.2, 0.25) is 0 Å². The number of nitrogens with zero attached hydrogens (tertiary/aromatic N) is 3. The topological polar surface area (TPSA) is 30.2 Å². The van der Waals surface area contributed by atoms with E-state index in [4.69, 9.17) is 0 Å². The largest absolute Gasteiger partial charge is 0.237 e. The molecule has 0 fully saturated rings. The average molecular weight is 193 g/mol. The fraction of sp³-hybridized carbons (Fsp3) is 0.333. The van der Waals surface area contributed by atoms with Crippen molar-refractivity contribution >= 4 is 17.3 Å². The maximum atomic E-state index is 4.24. The van der Waals surface area contributed by atoms with Crippen LogP contribution in [0.3, 0.4) is 0 Å². The van der Waals surface area contributed by atoms with Crippen LogP contribution in [0.25, 0.3) is 5.52 Å². The monoisotopic (exact) mass is 193 g/mol. The lowest BCUT2D eigenvalue weighted by Gasteiger charge is -2.00. The predicted octanol–water partition coefficient (Wildman–Crippen LogP) is 2.01. The number of thioether (sulfide) groups is 1. The number of aryl methyl sites for hydroxylation is 1. The average Bonchev–Trinajstić information content (AvgIpc) is 2.60. The zero-order valence-corrected chi connectivity index (χ0v) is 8.51. The zero-order chi connectivity index (χ0) is 9.26. The third kappa shape index (κ3) is 1.31. The molecule has 0 aromatic carbocycles. The van der Waals surface area contributed by atoms with Crippen molar-refractivity contribution in [3.63, 3.8) is 0 Å². The number of fused-ring (bicyclic) bond motifs is 1. The molecule has 0 radical (unpaired) electrons. The summed E-state index contributed by atoms with van der Waals surface area (Å²) in [6, 6.07) is 2.10. The Kier molecular flexibility index (Phi) is 2.22. The van der Waals surface area contributed by atoms with Crippen LogP contribution in [0.5, 0.6) is 0 Å². The molecular weight excluding hydrogens is 182 g/mol. The quantitative estimate of drug-likeness (QED) is 0.683. The van der Waals surface area contributed by atoms with E-state index in [1.165, 1.54) is 5.56 Å². The first-order chi connectivity index (χ1) is 6.36. The highest BCUT2D eigenvalue weighted by molar-refractivity contribution is 7.98. The molecule has 2 heterocycles. The number of rotatable bonds is 2. The summed E-state index contributed by atoms with van der Waals surface area (Å²) >= 11 is 1.66. The van der Waals surface area contributed by atoms with Gasteiger partial charge in [-0.1, -0.05) is 6.92 Å². The fourth-order valence-electron chi connectivity index (χ4n) is 1.42. The molecule has 4 heteroatoms. The summed E-state index contributed by atoms with van der Waals surface area (Å²) in [7, 11) is 0. The first kappa shape index (κ1) is 8.56. The third-order valence-corrected chi connectivity index (χ3v) is 2.76. The van der Waals surface area contributed by atoms with Crippen molar-refractivity contribution in [1.82, 2.24) is 14.6 Å². The van der Waals surface area contributed by atoms with Gasteiger partial charge in [-0.15, -0.1) is 11.8 Å². The van der Waals surface area contributed by atoms with Crippen LogP contribution in [0, 0.1) is 0 Å². The summed E-state index contributed by atoms with van der Waals surface area (Å²) in [6.45, 7) is 2.15. The molecule has 0 unspecified atom stereocenters. The second-order valence-electron chi connectivity index (χ2n) is 2.76. The standard InChI is InChI=1S/C9H11N3S/c1-3-7-4-5-12-8(7)9(13-2)10-6-11-12/h4-6H,3H2,1-2H3. The van der Waals surface area contributed by atoms with Crippen molar-refractivity contribution in [2.75, 3.05) is 6.26 Å². The van der Waals surface area contributed by atoms with Gasteiger partial charge in [0, 0.05) is 6.20 Å². The molecule has 0 amide bonds. The van der Waals surface area contributed by atoms with E-state index in [9.17, 15) is 0 Å². The van der Waals surface area contributed by atoms with Crippen LogP contribution in [-0.2, 0) is 6.42 Å². The van der Waals surface area contributed by atoms with Gasteiger partial charge in [0.05, 0.1) is 0 Å². The van der Waals surface area contributed by atoms with Crippen molar-refractivity contribution in [3.8, 4) is 0 Å². The first-order valence-corrected chi connectivity index (χ1v) is 5.44. The molecule has 0 atom stereocenters. The minimum Gasteiger partial charge on any atom is -0.237 e. The van der Waals surface area contributed by atoms with E-state index in [0.717, 1.165) is 17.0 Å². The van der Waals surface area contributed by atoms with Gasteiger partial charge in [0.1, 0.15) is 16.9 Å². The number of hydrogen-bond acceptors (Lipinski definition) is 3. The van der Waals surface area contributed by atoms with Gasteiger partial charge in [-0.3, -0.25) is 0 Å². The van der Waals surface area contributed by atoms with Crippen LogP contribution in [0.15, 0.2) is 23.6 Å². The highest BCUT2D eigenvalue weighted by atomic mass is 32.2. The lowest BCUT2D eigenvalue weighted by atomic mass is 10.2. The third-order valence-electron chi connectivity index (χ3n) is 2.08. The number of hydrogen-bond donors (Lipinski definition) is 0. The summed E-state index contributed by atoms with van der Waals surface area (Å²) in [4.78, 5) is 4.24. The molecule has 0 spiro atoms. The van der Waals surface area contributed by atoms with Crippen molar-refractivity contribution in [1.29, 1.82) is 0 Å². The second kappa shape index (κ2) is 3.38. The van der Waals surface area contributed by atoms with E-state index in [0.29, 0.717) is 0 Å². The molecule has 0 saturated carbocycles. The summed E-state index contributed by atoms with van der Waals surface area (Å²) in [6.07, 6.45) is 6.64. The van der Waals surface area contributed by atoms with Gasteiger partial charge < -0.3 is 0 Å². The van der Waals surface area contributed by atoms with Crippen molar-refractivity contribution in [2.24, 2.45) is 0 Å². The summed E-state index contributed by atoms with van der Waals surface area (Å²) in [5, 5.41) is 5.20. The molecule has 13 heavy (non-hydrogen) atoms. The zero-order valence-electron chi connectivity index (χ0n) is 7.69. The number of aromatic nitrogens is 3. The minimum absolute atomic E-state index is 1.03. The lowest BCUT2D eigenvalue weighted by Crippen LogP contribution is -1.94. The van der Waals surface area contributed by atoms with Gasteiger partial charge in [-0.05, 0) is 24.3 Å². The Bertz CT molecular complexity index is 422. The highest BCUT2D eigenvalue weighted by Gasteiger charge is 2.06. The van der Waals surface area contributed by atoms with E-state index >= 15 is 0 Å². The van der Waals surface area contributed by atoms with Crippen LogP contribution in [-0.4, -0.2) is 20.9 Å². The van der Waals surface area contributed by atoms with Gasteiger partial charge in [-0.2, -0.15) is 5.10 Å². The Hall–Kier alpha value is -1.03. The maximum absolute atomic E-state index is 4.24. The molecule has 0 aliphatic rings. The molecule has 2 aromatic heterocycles. The molecule has 68 valence electrons. The SMILES string of the molecule is CCc1ccn2ncnc(SC)c12. The Morgan fingerprint density at radius 3 is 3.08 bits per heavy atom. The van der Waals surface area contributed by atoms with Crippen LogP contribution < -0.4 is 0 Å². The summed E-state index contributed by atoms with van der Waals surface area (Å²) in [5.41, 5.74) is 2.46. The van der Waals surface area contributed by atoms with Gasteiger partial charge in [-0.25, -0.2) is 9.50 Å². The van der Waals surface area contributed by atoms with Gasteiger partial charge in [0.2, 0.25) is 0 Å². The smallest absolute Gasteiger partial charge is 0.137 e. The fourth-order valence-corrected chi connectivity index (χ4v) is 1.99. The van der Waals surface area contributed by atoms with E-state index in [-0.39, 0.29) is 0 Å². The molecule has 0 saturated heterocycles. The Morgan fingerprint density at radius 1 is 1.54 bits per heavy atom. The van der Waals surface area contributed by atoms with Crippen LogP contribution in [0.4, 0.5) is 0 Å². The first-order valence-electron chi connectivity index (χ1n) is 4.22. The van der Waals surface area contributed by atoms with Gasteiger partial charge in [0.15, 0.2) is 0 Å². The second-order valence-corrected chi connectivity index (χ2v) is 3.55. The Morgan fingerprint density at radius 2 is 2.38 bits per heavy atom. The molecule has 0 aliphatic carbocycles. The predicted molar refractivity (Wildman–Crippen MR) is 54.1 cm³/mol. The van der Waals surface area contributed by atoms with Crippen LogP contribution >= 0.6 is 11.8 Å². The van der Waals surface area contributed by atoms with E-state index in [2.05, 4.69) is 23.1 Å². The molecule has 0 aliphatic heterocycles.